The predicted octanol–water partition coefficient (Wildman–Crippen LogP) is 6.50. The zero-order valence-electron chi connectivity index (χ0n) is 19.2. The fourth-order valence-electron chi connectivity index (χ4n) is 4.18. The van der Waals surface area contributed by atoms with Crippen LogP contribution in [0, 0.1) is 0 Å². The molecule has 0 saturated carbocycles. The maximum Gasteiger partial charge on any atom is 0.326 e. The lowest BCUT2D eigenvalue weighted by Gasteiger charge is -2.39. The van der Waals surface area contributed by atoms with Crippen LogP contribution in [0.3, 0.4) is 0 Å². The normalized spacial score (nSPS) is 12.1. The first-order valence-electron chi connectivity index (χ1n) is 11.1. The van der Waals surface area contributed by atoms with Gasteiger partial charge in [0.05, 0.1) is 12.6 Å². The molecule has 1 N–H and O–H groups in total. The molecule has 0 unspecified atom stereocenters. The third kappa shape index (κ3) is 5.68. The lowest BCUT2D eigenvalue weighted by molar-refractivity contribution is -0.144. The molecule has 0 bridgehead atoms. The summed E-state index contributed by atoms with van der Waals surface area (Å²) < 4.78 is 11.1. The minimum absolute atomic E-state index is 0.00239. The number of nitrogens with one attached hydrogen (secondary N) is 1. The summed E-state index contributed by atoms with van der Waals surface area (Å²) in [4.78, 5) is 13.0. The van der Waals surface area contributed by atoms with Crippen LogP contribution in [0.25, 0.3) is 0 Å². The molecule has 4 aromatic carbocycles. The lowest BCUT2D eigenvalue weighted by Crippen LogP contribution is -2.55. The van der Waals surface area contributed by atoms with E-state index in [1.165, 1.54) is 7.11 Å². The van der Waals surface area contributed by atoms with Gasteiger partial charge in [-0.3, -0.25) is 10.1 Å². The van der Waals surface area contributed by atoms with Gasteiger partial charge in [-0.15, -0.1) is 0 Å². The summed E-state index contributed by atoms with van der Waals surface area (Å²) in [5, 5.41) is 4.49. The van der Waals surface area contributed by atoms with Crippen LogP contribution in [0.5, 0.6) is 5.75 Å². The second-order valence-corrected chi connectivity index (χ2v) is 8.86. The summed E-state index contributed by atoms with van der Waals surface area (Å²) in [5.74, 6) is 0.00762. The monoisotopic (exact) mass is 505 g/mol. The number of carbonyl (C=O) groups excluding carboxylic acids is 1. The number of hydrogen-bond donors (Lipinski definition) is 1. The van der Waals surface area contributed by atoms with Gasteiger partial charge in [0, 0.05) is 10.0 Å². The molecular weight excluding hydrogens is 481 g/mol. The summed E-state index contributed by atoms with van der Waals surface area (Å²) in [6.07, 6.45) is 0. The van der Waals surface area contributed by atoms with E-state index < -0.39 is 17.6 Å². The van der Waals surface area contributed by atoms with Gasteiger partial charge in [-0.25, -0.2) is 0 Å². The summed E-state index contributed by atoms with van der Waals surface area (Å²) in [6.45, 7) is -0.00239. The fraction of sp³-hybridized carbons (Fsp3) is 0.138. The maximum absolute atomic E-state index is 13.0. The highest BCUT2D eigenvalue weighted by Crippen LogP contribution is 2.37. The summed E-state index contributed by atoms with van der Waals surface area (Å²) in [7, 11) is 1.36. The van der Waals surface area contributed by atoms with E-state index in [9.17, 15) is 4.79 Å². The topological polar surface area (TPSA) is 47.6 Å². The van der Waals surface area contributed by atoms with Crippen molar-refractivity contribution in [2.24, 2.45) is 0 Å². The molecule has 4 aromatic rings. The Hall–Kier alpha value is -3.31. The smallest absolute Gasteiger partial charge is 0.326 e. The van der Waals surface area contributed by atoms with Crippen molar-refractivity contribution in [2.45, 2.75) is 11.6 Å². The van der Waals surface area contributed by atoms with Crippen LogP contribution in [0.4, 0.5) is 0 Å². The zero-order chi connectivity index (χ0) is 24.7. The summed E-state index contributed by atoms with van der Waals surface area (Å²) in [5.41, 5.74) is 2.05. The number of benzene rings is 4. The van der Waals surface area contributed by atoms with Crippen LogP contribution < -0.4 is 10.1 Å². The van der Waals surface area contributed by atoms with Crippen molar-refractivity contribution < 1.29 is 14.3 Å². The minimum atomic E-state index is -0.863. The molecule has 0 fully saturated rings. The van der Waals surface area contributed by atoms with Gasteiger partial charge in [0.2, 0.25) is 0 Å². The van der Waals surface area contributed by atoms with Crippen molar-refractivity contribution in [1.82, 2.24) is 5.32 Å². The molecule has 4 nitrogen and oxygen atoms in total. The van der Waals surface area contributed by atoms with Gasteiger partial charge in [-0.1, -0.05) is 114 Å². The predicted molar refractivity (Wildman–Crippen MR) is 140 cm³/mol. The number of hydrogen-bond acceptors (Lipinski definition) is 4. The zero-order valence-corrected chi connectivity index (χ0v) is 20.7. The third-order valence-electron chi connectivity index (χ3n) is 5.75. The van der Waals surface area contributed by atoms with E-state index in [1.807, 2.05) is 91.0 Å². The highest BCUT2D eigenvalue weighted by molar-refractivity contribution is 6.34. The van der Waals surface area contributed by atoms with Crippen LogP contribution in [0.15, 0.2) is 109 Å². The maximum atomic E-state index is 13.0. The Balaban J connectivity index is 1.81. The highest BCUT2D eigenvalue weighted by atomic mass is 35.5. The Morgan fingerprint density at radius 2 is 1.20 bits per heavy atom. The third-order valence-corrected chi connectivity index (χ3v) is 6.19. The van der Waals surface area contributed by atoms with Gasteiger partial charge in [0.15, 0.2) is 0 Å². The van der Waals surface area contributed by atoms with E-state index in [0.717, 1.165) is 16.7 Å². The largest absolute Gasteiger partial charge is 0.491 e. The Morgan fingerprint density at radius 1 is 0.771 bits per heavy atom. The average Bonchev–Trinajstić information content (AvgIpc) is 2.89. The molecule has 0 aromatic heterocycles. The molecule has 6 heteroatoms. The van der Waals surface area contributed by atoms with Crippen molar-refractivity contribution in [3.05, 3.63) is 136 Å². The second-order valence-electron chi connectivity index (χ2n) is 7.98. The minimum Gasteiger partial charge on any atom is -0.491 e. The molecule has 0 radical (unpaired) electrons. The standard InChI is InChI=1S/C29H25Cl2NO3/c1-34-28(33)27(20-35-26-18-24(30)17-25(31)19-26)32-29(21-11-5-2-6-12-21,22-13-7-3-8-14-22)23-15-9-4-10-16-23/h2-19,27,32H,20H2,1H3/t27-/m1/s1. The molecule has 178 valence electrons. The van der Waals surface area contributed by atoms with Gasteiger partial charge >= 0.3 is 5.97 Å². The van der Waals surface area contributed by atoms with Crippen molar-refractivity contribution >= 4 is 29.2 Å². The molecule has 0 amide bonds. The number of carbonyl (C=O) groups is 1. The number of esters is 1. The molecule has 0 saturated heterocycles. The number of halogens is 2. The van der Waals surface area contributed by atoms with Crippen molar-refractivity contribution in [2.75, 3.05) is 13.7 Å². The first-order chi connectivity index (χ1) is 17.0. The van der Waals surface area contributed by atoms with Crippen LogP contribution in [0.1, 0.15) is 16.7 Å². The van der Waals surface area contributed by atoms with Gasteiger partial charge in [-0.2, -0.15) is 0 Å². The SMILES string of the molecule is COC(=O)[C@@H](COc1cc(Cl)cc(Cl)c1)NC(c1ccccc1)(c1ccccc1)c1ccccc1. The lowest BCUT2D eigenvalue weighted by atomic mass is 9.76. The van der Waals surface area contributed by atoms with Crippen molar-refractivity contribution in [1.29, 1.82) is 0 Å². The van der Waals surface area contributed by atoms with Crippen LogP contribution in [0.2, 0.25) is 10.0 Å². The van der Waals surface area contributed by atoms with Gasteiger partial charge in [0.25, 0.3) is 0 Å². The second kappa shape index (κ2) is 11.4. The Bertz CT molecular complexity index is 1130. The Labute approximate surface area is 215 Å². The molecule has 0 aliphatic heterocycles. The van der Waals surface area contributed by atoms with Crippen LogP contribution in [-0.2, 0) is 15.1 Å². The van der Waals surface area contributed by atoms with Gasteiger partial charge < -0.3 is 9.47 Å². The van der Waals surface area contributed by atoms with E-state index in [1.54, 1.807) is 18.2 Å². The molecular formula is C29H25Cl2NO3. The van der Waals surface area contributed by atoms with Crippen molar-refractivity contribution in [3.8, 4) is 5.75 Å². The Morgan fingerprint density at radius 3 is 1.60 bits per heavy atom. The highest BCUT2D eigenvalue weighted by Gasteiger charge is 2.40. The Kier molecular flexibility index (Phi) is 8.09. The van der Waals surface area contributed by atoms with E-state index in [-0.39, 0.29) is 6.61 Å². The van der Waals surface area contributed by atoms with E-state index >= 15 is 0 Å². The molecule has 35 heavy (non-hydrogen) atoms. The quantitative estimate of drug-likeness (QED) is 0.208. The summed E-state index contributed by atoms with van der Waals surface area (Å²) in [6, 6.07) is 34.1. The number of ether oxygens (including phenoxy) is 2. The molecule has 0 aliphatic carbocycles. The van der Waals surface area contributed by atoms with E-state index in [2.05, 4.69) is 5.32 Å². The molecule has 4 rings (SSSR count). The molecule has 0 heterocycles. The number of rotatable bonds is 9. The average molecular weight is 506 g/mol. The molecule has 1 atom stereocenters. The van der Waals surface area contributed by atoms with E-state index in [0.29, 0.717) is 15.8 Å². The van der Waals surface area contributed by atoms with E-state index in [4.69, 9.17) is 32.7 Å². The fourth-order valence-corrected chi connectivity index (χ4v) is 4.68. The van der Waals surface area contributed by atoms with Gasteiger partial charge in [-0.05, 0) is 34.9 Å². The first kappa shape index (κ1) is 24.8. The van der Waals surface area contributed by atoms with Crippen molar-refractivity contribution in [3.63, 3.8) is 0 Å². The van der Waals surface area contributed by atoms with Crippen LogP contribution in [-0.4, -0.2) is 25.7 Å². The van der Waals surface area contributed by atoms with Crippen LogP contribution >= 0.6 is 23.2 Å². The number of methoxy groups -OCH3 is 1. The molecule has 0 spiro atoms. The molecule has 0 aliphatic rings. The van der Waals surface area contributed by atoms with Gasteiger partial charge in [0.1, 0.15) is 18.4 Å². The summed E-state index contributed by atoms with van der Waals surface area (Å²) >= 11 is 12.3. The first-order valence-corrected chi connectivity index (χ1v) is 11.9.